The standard InChI is InChI=1S/C26H21FN2O4S/c1-13(2)15-5-7-16(8-6-15)22-21(23(30)19-11-4-14(3)33-19)24(31)25(32)29(22)26-28-18-10-9-17(27)12-20(18)34-26/h4-13,22,31H,1-3H3/t22-/m0/s1. The SMILES string of the molecule is Cc1ccc(C(=O)C2=C(O)C(=O)N(c3nc4ccc(F)cc4s3)[C@H]2c2ccc(C(C)C)cc2)o1. The Balaban J connectivity index is 1.67. The molecule has 0 bridgehead atoms. The fourth-order valence-electron chi connectivity index (χ4n) is 4.09. The highest BCUT2D eigenvalue weighted by atomic mass is 32.1. The molecule has 0 saturated heterocycles. The van der Waals surface area contributed by atoms with Gasteiger partial charge in [0.25, 0.3) is 5.91 Å². The van der Waals surface area contributed by atoms with E-state index in [0.29, 0.717) is 27.5 Å². The predicted octanol–water partition coefficient (Wildman–Crippen LogP) is 6.24. The van der Waals surface area contributed by atoms with Crippen molar-refractivity contribution in [3.63, 3.8) is 0 Å². The third-order valence-corrected chi connectivity index (χ3v) is 6.90. The van der Waals surface area contributed by atoms with Gasteiger partial charge in [0.05, 0.1) is 21.8 Å². The second kappa shape index (κ2) is 8.22. The van der Waals surface area contributed by atoms with Crippen molar-refractivity contribution in [1.29, 1.82) is 0 Å². The van der Waals surface area contributed by atoms with Crippen LogP contribution in [0, 0.1) is 12.7 Å². The first kappa shape index (κ1) is 22.0. The molecule has 4 aromatic rings. The van der Waals surface area contributed by atoms with Gasteiger partial charge in [0, 0.05) is 0 Å². The lowest BCUT2D eigenvalue weighted by Crippen LogP contribution is -2.31. The molecule has 34 heavy (non-hydrogen) atoms. The van der Waals surface area contributed by atoms with Crippen molar-refractivity contribution in [2.75, 3.05) is 4.90 Å². The second-order valence-electron chi connectivity index (χ2n) is 8.51. The van der Waals surface area contributed by atoms with Crippen LogP contribution >= 0.6 is 11.3 Å². The summed E-state index contributed by atoms with van der Waals surface area (Å²) in [5.41, 5.74) is 2.17. The molecule has 0 saturated carbocycles. The van der Waals surface area contributed by atoms with Gasteiger partial charge in [-0.2, -0.15) is 0 Å². The molecule has 2 aromatic heterocycles. The number of aliphatic hydroxyl groups is 1. The molecule has 6 nitrogen and oxygen atoms in total. The maximum atomic E-state index is 13.8. The second-order valence-corrected chi connectivity index (χ2v) is 9.52. The summed E-state index contributed by atoms with van der Waals surface area (Å²) in [5.74, 6) is -1.52. The number of carbonyl (C=O) groups is 2. The summed E-state index contributed by atoms with van der Waals surface area (Å²) in [7, 11) is 0. The van der Waals surface area contributed by atoms with Crippen LogP contribution in [0.1, 0.15) is 53.2 Å². The van der Waals surface area contributed by atoms with Gasteiger partial charge < -0.3 is 9.52 Å². The number of hydrogen-bond acceptors (Lipinski definition) is 6. The van der Waals surface area contributed by atoms with Crippen LogP contribution in [-0.2, 0) is 4.79 Å². The van der Waals surface area contributed by atoms with Crippen LogP contribution in [0.4, 0.5) is 9.52 Å². The van der Waals surface area contributed by atoms with Crippen molar-refractivity contribution in [1.82, 2.24) is 4.98 Å². The molecule has 172 valence electrons. The van der Waals surface area contributed by atoms with Crippen LogP contribution in [0.15, 0.2) is 70.3 Å². The Morgan fingerprint density at radius 2 is 1.88 bits per heavy atom. The maximum Gasteiger partial charge on any atom is 0.296 e. The van der Waals surface area contributed by atoms with Crippen LogP contribution < -0.4 is 4.90 Å². The zero-order valence-electron chi connectivity index (χ0n) is 18.7. The van der Waals surface area contributed by atoms with Crippen LogP contribution in [0.5, 0.6) is 0 Å². The van der Waals surface area contributed by atoms with E-state index in [2.05, 4.69) is 18.8 Å². The minimum atomic E-state index is -0.919. The van der Waals surface area contributed by atoms with Gasteiger partial charge >= 0.3 is 0 Å². The zero-order valence-corrected chi connectivity index (χ0v) is 19.5. The highest BCUT2D eigenvalue weighted by molar-refractivity contribution is 7.22. The molecule has 1 amide bonds. The molecule has 0 fully saturated rings. The predicted molar refractivity (Wildman–Crippen MR) is 128 cm³/mol. The molecule has 0 aliphatic carbocycles. The summed E-state index contributed by atoms with van der Waals surface area (Å²) in [6.45, 7) is 5.85. The summed E-state index contributed by atoms with van der Waals surface area (Å²) >= 11 is 1.12. The van der Waals surface area contributed by atoms with Crippen molar-refractivity contribution in [3.05, 3.63) is 94.4 Å². The third-order valence-electron chi connectivity index (χ3n) is 5.88. The molecule has 0 spiro atoms. The average molecular weight is 477 g/mol. The first-order chi connectivity index (χ1) is 16.2. The minimum Gasteiger partial charge on any atom is -0.503 e. The number of ketones is 1. The number of carbonyl (C=O) groups excluding carboxylic acids is 2. The summed E-state index contributed by atoms with van der Waals surface area (Å²) in [6, 6.07) is 14.0. The number of furan rings is 1. The number of thiazole rings is 1. The number of rotatable bonds is 5. The van der Waals surface area contributed by atoms with E-state index in [-0.39, 0.29) is 16.5 Å². The lowest BCUT2D eigenvalue weighted by molar-refractivity contribution is -0.117. The molecule has 5 rings (SSSR count). The Bertz CT molecular complexity index is 1470. The highest BCUT2D eigenvalue weighted by Crippen LogP contribution is 2.44. The summed E-state index contributed by atoms with van der Waals surface area (Å²) in [4.78, 5) is 32.5. The quantitative estimate of drug-likeness (QED) is 0.345. The normalized spacial score (nSPS) is 16.3. The van der Waals surface area contributed by atoms with E-state index >= 15 is 0 Å². The Morgan fingerprint density at radius 1 is 1.15 bits per heavy atom. The molecule has 0 radical (unpaired) electrons. The lowest BCUT2D eigenvalue weighted by atomic mass is 9.93. The van der Waals surface area contributed by atoms with E-state index in [4.69, 9.17) is 4.42 Å². The Morgan fingerprint density at radius 3 is 2.53 bits per heavy atom. The Hall–Kier alpha value is -3.78. The molecule has 0 unspecified atom stereocenters. The number of aryl methyl sites for hydroxylation is 1. The molecule has 1 aliphatic heterocycles. The molecule has 8 heteroatoms. The Labute approximate surface area is 199 Å². The van der Waals surface area contributed by atoms with Gasteiger partial charge in [-0.25, -0.2) is 9.37 Å². The van der Waals surface area contributed by atoms with E-state index in [1.54, 1.807) is 13.0 Å². The van der Waals surface area contributed by atoms with E-state index in [9.17, 15) is 19.1 Å². The van der Waals surface area contributed by atoms with Crippen LogP contribution in [0.2, 0.25) is 0 Å². The molecule has 3 heterocycles. The van der Waals surface area contributed by atoms with Gasteiger partial charge in [-0.05, 0) is 54.3 Å². The zero-order chi connectivity index (χ0) is 24.1. The summed E-state index contributed by atoms with van der Waals surface area (Å²) in [5, 5.41) is 11.1. The minimum absolute atomic E-state index is 0.0314. The van der Waals surface area contributed by atoms with Gasteiger partial charge in [0.1, 0.15) is 11.6 Å². The number of anilines is 1. The lowest BCUT2D eigenvalue weighted by Gasteiger charge is -2.24. The number of fused-ring (bicyclic) bond motifs is 1. The summed E-state index contributed by atoms with van der Waals surface area (Å²) in [6.07, 6.45) is 0. The number of nitrogens with zero attached hydrogens (tertiary/aromatic N) is 2. The fraction of sp³-hybridized carbons (Fsp3) is 0.192. The van der Waals surface area contributed by atoms with Crippen molar-refractivity contribution >= 4 is 38.4 Å². The van der Waals surface area contributed by atoms with Gasteiger partial charge in [-0.1, -0.05) is 49.4 Å². The van der Waals surface area contributed by atoms with E-state index in [0.717, 1.165) is 16.9 Å². The number of amides is 1. The van der Waals surface area contributed by atoms with Gasteiger partial charge in [-0.15, -0.1) is 0 Å². The molecular formula is C26H21FN2O4S. The van der Waals surface area contributed by atoms with E-state index in [1.165, 1.54) is 29.2 Å². The highest BCUT2D eigenvalue weighted by Gasteiger charge is 2.46. The number of halogens is 1. The van der Waals surface area contributed by atoms with E-state index < -0.39 is 29.3 Å². The molecule has 1 atom stereocenters. The van der Waals surface area contributed by atoms with Crippen LogP contribution in [0.3, 0.4) is 0 Å². The Kier molecular flexibility index (Phi) is 5.32. The largest absolute Gasteiger partial charge is 0.503 e. The number of hydrogen-bond donors (Lipinski definition) is 1. The number of Topliss-reactive ketones (excluding diaryl/α,β-unsaturated/α-hetero) is 1. The molecule has 1 N–H and O–H groups in total. The first-order valence-electron chi connectivity index (χ1n) is 10.8. The topological polar surface area (TPSA) is 83.6 Å². The number of benzene rings is 2. The first-order valence-corrected chi connectivity index (χ1v) is 11.6. The monoisotopic (exact) mass is 476 g/mol. The third kappa shape index (κ3) is 3.60. The van der Waals surface area contributed by atoms with Gasteiger partial charge in [-0.3, -0.25) is 14.5 Å². The fourth-order valence-corrected chi connectivity index (χ4v) is 5.11. The summed E-state index contributed by atoms with van der Waals surface area (Å²) < 4.78 is 19.8. The number of aromatic nitrogens is 1. The van der Waals surface area contributed by atoms with Crippen LogP contribution in [0.25, 0.3) is 10.2 Å². The molecular weight excluding hydrogens is 455 g/mol. The van der Waals surface area contributed by atoms with E-state index in [1.807, 2.05) is 24.3 Å². The molecule has 1 aliphatic rings. The van der Waals surface area contributed by atoms with Crippen LogP contribution in [-0.4, -0.2) is 21.8 Å². The van der Waals surface area contributed by atoms with Crippen molar-refractivity contribution in [3.8, 4) is 0 Å². The maximum absolute atomic E-state index is 13.8. The number of aliphatic hydroxyl groups excluding tert-OH is 1. The van der Waals surface area contributed by atoms with Crippen molar-refractivity contribution < 1.29 is 23.5 Å². The average Bonchev–Trinajstić information content (AvgIpc) is 3.49. The smallest absolute Gasteiger partial charge is 0.296 e. The molecule has 2 aromatic carbocycles. The van der Waals surface area contributed by atoms with Crippen molar-refractivity contribution in [2.24, 2.45) is 0 Å². The van der Waals surface area contributed by atoms with Gasteiger partial charge in [0.2, 0.25) is 5.78 Å². The van der Waals surface area contributed by atoms with Gasteiger partial charge in [0.15, 0.2) is 16.7 Å². The van der Waals surface area contributed by atoms with Crippen molar-refractivity contribution in [2.45, 2.75) is 32.7 Å².